The lowest BCUT2D eigenvalue weighted by Crippen LogP contribution is -2.19. The van der Waals surface area contributed by atoms with E-state index in [0.29, 0.717) is 0 Å². The molecule has 1 nitrogen and oxygen atoms in total. The molecule has 0 N–H and O–H groups in total. The highest BCUT2D eigenvalue weighted by molar-refractivity contribution is 5.09. The number of fused-ring (bicyclic) bond motifs is 1. The molecule has 1 saturated heterocycles. The number of hydrogen-bond acceptors (Lipinski definition) is 1. The molecule has 0 radical (unpaired) electrons. The van der Waals surface area contributed by atoms with Crippen LogP contribution >= 0.6 is 0 Å². The Morgan fingerprint density at radius 1 is 1.42 bits per heavy atom. The van der Waals surface area contributed by atoms with Gasteiger partial charge in [-0.2, -0.15) is 0 Å². The fourth-order valence-corrected chi connectivity index (χ4v) is 2.97. The number of piperidine rings is 1. The van der Waals surface area contributed by atoms with E-state index in [0.717, 1.165) is 11.3 Å². The van der Waals surface area contributed by atoms with Crippen molar-refractivity contribution in [2.24, 2.45) is 11.3 Å². The predicted octanol–water partition coefficient (Wildman–Crippen LogP) is 2.52. The molecule has 2 fully saturated rings. The van der Waals surface area contributed by atoms with E-state index in [1.165, 1.54) is 38.8 Å². The zero-order valence-corrected chi connectivity index (χ0v) is 8.47. The van der Waals surface area contributed by atoms with Crippen molar-refractivity contribution < 1.29 is 0 Å². The Hall–Kier alpha value is -0.0400. The average Bonchev–Trinajstić information content (AvgIpc) is 2.55. The van der Waals surface area contributed by atoms with Gasteiger partial charge in [0.2, 0.25) is 0 Å². The van der Waals surface area contributed by atoms with Crippen LogP contribution in [0.4, 0.5) is 0 Å². The first-order chi connectivity index (χ1) is 5.77. The number of rotatable bonds is 4. The van der Waals surface area contributed by atoms with Gasteiger partial charge in [0.25, 0.3) is 0 Å². The summed E-state index contributed by atoms with van der Waals surface area (Å²) in [5.41, 5.74) is 0.809. The Kier molecular flexibility index (Phi) is 2.16. The van der Waals surface area contributed by atoms with Crippen molar-refractivity contribution in [2.75, 3.05) is 20.1 Å². The quantitative estimate of drug-likeness (QED) is 0.582. The molecule has 1 heterocycles. The van der Waals surface area contributed by atoms with E-state index in [4.69, 9.17) is 0 Å². The third kappa shape index (κ3) is 1.39. The fourth-order valence-electron chi connectivity index (χ4n) is 2.97. The maximum Gasteiger partial charge on any atom is 0.00383 e. The van der Waals surface area contributed by atoms with E-state index in [-0.39, 0.29) is 0 Å². The van der Waals surface area contributed by atoms with Gasteiger partial charge in [-0.3, -0.25) is 0 Å². The lowest BCUT2D eigenvalue weighted by molar-refractivity contribution is 0.321. The third-order valence-corrected chi connectivity index (χ3v) is 3.75. The van der Waals surface area contributed by atoms with Crippen LogP contribution in [0.15, 0.2) is 0 Å². The highest BCUT2D eigenvalue weighted by Crippen LogP contribution is 2.60. The minimum Gasteiger partial charge on any atom is -0.306 e. The summed E-state index contributed by atoms with van der Waals surface area (Å²) < 4.78 is 0. The van der Waals surface area contributed by atoms with E-state index in [1.54, 1.807) is 6.42 Å². The Morgan fingerprint density at radius 3 is 2.83 bits per heavy atom. The molecule has 0 aromatic rings. The Labute approximate surface area is 76.1 Å². The molecule has 0 aromatic heterocycles. The van der Waals surface area contributed by atoms with Gasteiger partial charge < -0.3 is 4.90 Å². The molecular weight excluding hydrogens is 146 g/mol. The topological polar surface area (TPSA) is 3.24 Å². The van der Waals surface area contributed by atoms with Gasteiger partial charge in [-0.15, -0.1) is 0 Å². The maximum absolute atomic E-state index is 2.51. The molecule has 1 heteroatoms. The van der Waals surface area contributed by atoms with Gasteiger partial charge in [0.1, 0.15) is 0 Å². The first-order valence-corrected chi connectivity index (χ1v) is 5.45. The van der Waals surface area contributed by atoms with Crippen molar-refractivity contribution >= 4 is 0 Å². The van der Waals surface area contributed by atoms with Gasteiger partial charge >= 0.3 is 0 Å². The third-order valence-electron chi connectivity index (χ3n) is 3.75. The van der Waals surface area contributed by atoms with Gasteiger partial charge in [0.05, 0.1) is 0 Å². The van der Waals surface area contributed by atoms with Gasteiger partial charge in [-0.1, -0.05) is 26.2 Å². The van der Waals surface area contributed by atoms with Crippen LogP contribution in [0, 0.1) is 11.3 Å². The number of unbranched alkanes of at least 4 members (excludes halogenated alkanes) is 2. The molecule has 1 aliphatic heterocycles. The molecule has 2 aliphatic rings. The summed E-state index contributed by atoms with van der Waals surface area (Å²) in [6.45, 7) is 5.07. The maximum atomic E-state index is 2.51. The van der Waals surface area contributed by atoms with E-state index < -0.39 is 0 Å². The average molecular weight is 167 g/mol. The minimum atomic E-state index is 0.809. The largest absolute Gasteiger partial charge is 0.306 e. The Bertz CT molecular complexity index is 166. The van der Waals surface area contributed by atoms with Crippen LogP contribution in [0.25, 0.3) is 0 Å². The summed E-state index contributed by atoms with van der Waals surface area (Å²) in [6.07, 6.45) is 7.34. The molecule has 2 atom stereocenters. The zero-order chi connectivity index (χ0) is 8.60. The molecule has 70 valence electrons. The Balaban J connectivity index is 1.74. The van der Waals surface area contributed by atoms with E-state index in [1.807, 2.05) is 0 Å². The smallest absolute Gasteiger partial charge is 0.00383 e. The first-order valence-electron chi connectivity index (χ1n) is 5.45. The first kappa shape index (κ1) is 8.55. The monoisotopic (exact) mass is 167 g/mol. The second-order valence-electron chi connectivity index (χ2n) is 4.92. The van der Waals surface area contributed by atoms with Crippen LogP contribution in [0.2, 0.25) is 0 Å². The summed E-state index contributed by atoms with van der Waals surface area (Å²) >= 11 is 0. The van der Waals surface area contributed by atoms with Crippen LogP contribution in [0.3, 0.4) is 0 Å². The van der Waals surface area contributed by atoms with E-state index >= 15 is 0 Å². The molecule has 0 aromatic carbocycles. The molecule has 0 spiro atoms. The van der Waals surface area contributed by atoms with E-state index in [2.05, 4.69) is 18.9 Å². The molecule has 1 saturated carbocycles. The lowest BCUT2D eigenvalue weighted by atomic mass is 9.97. The van der Waals surface area contributed by atoms with Crippen molar-refractivity contribution in [3.63, 3.8) is 0 Å². The van der Waals surface area contributed by atoms with Crippen molar-refractivity contribution in [1.29, 1.82) is 0 Å². The Morgan fingerprint density at radius 2 is 2.25 bits per heavy atom. The number of likely N-dealkylation sites (tertiary alicyclic amines) is 1. The highest BCUT2D eigenvalue weighted by Gasteiger charge is 2.57. The SMILES string of the molecule is CCCCCC12CC1CN(C)C2. The van der Waals surface area contributed by atoms with Crippen LogP contribution in [0.1, 0.15) is 39.0 Å². The van der Waals surface area contributed by atoms with Gasteiger partial charge in [0.15, 0.2) is 0 Å². The van der Waals surface area contributed by atoms with Crippen LogP contribution in [0.5, 0.6) is 0 Å². The summed E-state index contributed by atoms with van der Waals surface area (Å²) in [4.78, 5) is 2.51. The second kappa shape index (κ2) is 3.02. The molecule has 12 heavy (non-hydrogen) atoms. The van der Waals surface area contributed by atoms with Gasteiger partial charge in [-0.05, 0) is 31.2 Å². The van der Waals surface area contributed by atoms with Crippen molar-refractivity contribution in [2.45, 2.75) is 39.0 Å². The van der Waals surface area contributed by atoms with Crippen LogP contribution < -0.4 is 0 Å². The standard InChI is InChI=1S/C11H21N/c1-3-4-5-6-11-7-10(11)8-12(2)9-11/h10H,3-9H2,1-2H3. The lowest BCUT2D eigenvalue weighted by Gasteiger charge is -2.15. The molecule has 2 unspecified atom stereocenters. The van der Waals surface area contributed by atoms with E-state index in [9.17, 15) is 0 Å². The summed E-state index contributed by atoms with van der Waals surface area (Å²) in [5.74, 6) is 1.08. The number of hydrogen-bond donors (Lipinski definition) is 0. The molecule has 0 amide bonds. The minimum absolute atomic E-state index is 0.809. The molecule has 2 rings (SSSR count). The summed E-state index contributed by atoms with van der Waals surface area (Å²) in [5, 5.41) is 0. The molecule has 0 bridgehead atoms. The molecule has 1 aliphatic carbocycles. The van der Waals surface area contributed by atoms with Crippen LogP contribution in [-0.2, 0) is 0 Å². The van der Waals surface area contributed by atoms with Crippen molar-refractivity contribution in [1.82, 2.24) is 4.90 Å². The summed E-state index contributed by atoms with van der Waals surface area (Å²) in [7, 11) is 2.27. The highest BCUT2D eigenvalue weighted by atomic mass is 15.2. The van der Waals surface area contributed by atoms with Crippen LogP contribution in [-0.4, -0.2) is 25.0 Å². The van der Waals surface area contributed by atoms with Crippen molar-refractivity contribution in [3.8, 4) is 0 Å². The normalized spacial score (nSPS) is 40.0. The molecular formula is C11H21N. The second-order valence-corrected chi connectivity index (χ2v) is 4.92. The number of nitrogens with zero attached hydrogens (tertiary/aromatic N) is 1. The predicted molar refractivity (Wildman–Crippen MR) is 52.2 cm³/mol. The zero-order valence-electron chi connectivity index (χ0n) is 8.47. The van der Waals surface area contributed by atoms with Gasteiger partial charge in [-0.25, -0.2) is 0 Å². The van der Waals surface area contributed by atoms with Crippen molar-refractivity contribution in [3.05, 3.63) is 0 Å². The van der Waals surface area contributed by atoms with Gasteiger partial charge in [0, 0.05) is 13.1 Å². The fraction of sp³-hybridized carbons (Fsp3) is 1.00. The summed E-state index contributed by atoms with van der Waals surface area (Å²) in [6, 6.07) is 0.